The van der Waals surface area contributed by atoms with E-state index in [2.05, 4.69) is 34.6 Å². The lowest BCUT2D eigenvalue weighted by Crippen LogP contribution is -2.53. The fourth-order valence-electron chi connectivity index (χ4n) is 10.2. The summed E-state index contributed by atoms with van der Waals surface area (Å²) < 4.78 is 5.71. The van der Waals surface area contributed by atoms with Gasteiger partial charge in [-0.05, 0) is 116 Å². The molecule has 4 aliphatic carbocycles. The highest BCUT2D eigenvalue weighted by Crippen LogP contribution is 2.68. The van der Waals surface area contributed by atoms with Gasteiger partial charge in [0.1, 0.15) is 0 Å². The van der Waals surface area contributed by atoms with Gasteiger partial charge in [-0.25, -0.2) is 0 Å². The Balaban J connectivity index is 1.27. The first-order valence-corrected chi connectivity index (χ1v) is 14.0. The van der Waals surface area contributed by atoms with Crippen LogP contribution in [0.15, 0.2) is 0 Å². The molecule has 2 unspecified atom stereocenters. The number of ether oxygens (including phenoxy) is 1. The summed E-state index contributed by atoms with van der Waals surface area (Å²) in [4.78, 5) is 0. The van der Waals surface area contributed by atoms with Gasteiger partial charge in [-0.2, -0.15) is 0 Å². The van der Waals surface area contributed by atoms with Crippen molar-refractivity contribution in [2.45, 2.75) is 118 Å². The van der Waals surface area contributed by atoms with Crippen molar-refractivity contribution in [2.24, 2.45) is 58.2 Å². The van der Waals surface area contributed by atoms with E-state index in [0.29, 0.717) is 16.9 Å². The zero-order valence-electron chi connectivity index (χ0n) is 20.8. The molecule has 1 nitrogen and oxygen atoms in total. The standard InChI is InChI=1S/C29H50O/c1-19(2)22(27-18-30-27)11-9-20(3)24-13-14-25-23-12-10-21-8-6-7-16-28(21,4)26(23)15-17-29(24,25)5/h19-27H,6-18H2,1-5H3/t20-,21?,22-,23+,24-,25+,26+,27?,28+,29-/m1/s1. The van der Waals surface area contributed by atoms with Crippen LogP contribution in [0.2, 0.25) is 0 Å². The number of hydrogen-bond acceptors (Lipinski definition) is 1. The van der Waals surface area contributed by atoms with Gasteiger partial charge in [0.2, 0.25) is 0 Å². The van der Waals surface area contributed by atoms with Gasteiger partial charge in [0.05, 0.1) is 12.7 Å². The van der Waals surface area contributed by atoms with Crippen LogP contribution in [0.5, 0.6) is 0 Å². The first-order chi connectivity index (χ1) is 14.3. The molecule has 1 aliphatic heterocycles. The van der Waals surface area contributed by atoms with Crippen LogP contribution in [0.4, 0.5) is 0 Å². The van der Waals surface area contributed by atoms with Crippen LogP contribution >= 0.6 is 0 Å². The molecule has 0 N–H and O–H groups in total. The summed E-state index contributed by atoms with van der Waals surface area (Å²) in [5.41, 5.74) is 1.34. The van der Waals surface area contributed by atoms with Gasteiger partial charge in [0.15, 0.2) is 0 Å². The van der Waals surface area contributed by atoms with Gasteiger partial charge in [-0.3, -0.25) is 0 Å². The molecule has 0 amide bonds. The maximum atomic E-state index is 5.71. The Morgan fingerprint density at radius 1 is 0.800 bits per heavy atom. The molecule has 0 aromatic heterocycles. The zero-order valence-corrected chi connectivity index (χ0v) is 20.8. The second kappa shape index (κ2) is 8.07. The molecule has 1 heteroatoms. The molecule has 5 fully saturated rings. The van der Waals surface area contributed by atoms with Crippen LogP contribution in [0.3, 0.4) is 0 Å². The molecule has 5 rings (SSSR count). The molecule has 4 saturated carbocycles. The van der Waals surface area contributed by atoms with Gasteiger partial charge in [-0.15, -0.1) is 0 Å². The topological polar surface area (TPSA) is 12.5 Å². The number of fused-ring (bicyclic) bond motifs is 5. The average molecular weight is 415 g/mol. The molecule has 0 aromatic rings. The molecule has 5 aliphatic rings. The second-order valence-electron chi connectivity index (χ2n) is 13.5. The van der Waals surface area contributed by atoms with Crippen molar-refractivity contribution in [3.8, 4) is 0 Å². The first-order valence-electron chi connectivity index (χ1n) is 14.0. The summed E-state index contributed by atoms with van der Waals surface area (Å²) in [6.45, 7) is 14.0. The summed E-state index contributed by atoms with van der Waals surface area (Å²) in [7, 11) is 0. The van der Waals surface area contributed by atoms with Crippen molar-refractivity contribution in [1.29, 1.82) is 0 Å². The average Bonchev–Trinajstić information content (AvgIpc) is 3.47. The Bertz CT molecular complexity index is 605. The van der Waals surface area contributed by atoms with Gasteiger partial charge in [0, 0.05) is 0 Å². The Morgan fingerprint density at radius 2 is 1.57 bits per heavy atom. The molecule has 0 bridgehead atoms. The zero-order chi connectivity index (χ0) is 21.1. The normalized spacial score (nSPS) is 49.8. The highest BCUT2D eigenvalue weighted by molar-refractivity contribution is 5.09. The third-order valence-corrected chi connectivity index (χ3v) is 12.0. The van der Waals surface area contributed by atoms with Crippen LogP contribution in [-0.2, 0) is 4.74 Å². The van der Waals surface area contributed by atoms with E-state index in [9.17, 15) is 0 Å². The molecule has 0 aromatic carbocycles. The molecule has 172 valence electrons. The minimum absolute atomic E-state index is 0.589. The van der Waals surface area contributed by atoms with Crippen molar-refractivity contribution >= 4 is 0 Å². The number of hydrogen-bond donors (Lipinski definition) is 0. The fourth-order valence-corrected chi connectivity index (χ4v) is 10.2. The van der Waals surface area contributed by atoms with E-state index in [0.717, 1.165) is 54.0 Å². The third kappa shape index (κ3) is 3.52. The lowest BCUT2D eigenvalue weighted by molar-refractivity contribution is -0.114. The Hall–Kier alpha value is -0.0400. The molecule has 1 saturated heterocycles. The Labute approximate surface area is 187 Å². The van der Waals surface area contributed by atoms with E-state index in [4.69, 9.17) is 4.74 Å². The van der Waals surface area contributed by atoms with E-state index < -0.39 is 0 Å². The minimum Gasteiger partial charge on any atom is -0.373 e. The smallest absolute Gasteiger partial charge is 0.0840 e. The van der Waals surface area contributed by atoms with Gasteiger partial charge >= 0.3 is 0 Å². The predicted molar refractivity (Wildman–Crippen MR) is 126 cm³/mol. The third-order valence-electron chi connectivity index (χ3n) is 12.0. The quantitative estimate of drug-likeness (QED) is 0.400. The van der Waals surface area contributed by atoms with Gasteiger partial charge in [0.25, 0.3) is 0 Å². The van der Waals surface area contributed by atoms with Crippen molar-refractivity contribution in [2.75, 3.05) is 6.61 Å². The number of epoxide rings is 1. The van der Waals surface area contributed by atoms with Gasteiger partial charge < -0.3 is 4.74 Å². The fraction of sp³-hybridized carbons (Fsp3) is 1.00. The van der Waals surface area contributed by atoms with Crippen LogP contribution in [0.25, 0.3) is 0 Å². The van der Waals surface area contributed by atoms with Crippen molar-refractivity contribution in [1.82, 2.24) is 0 Å². The van der Waals surface area contributed by atoms with Crippen LogP contribution in [0, 0.1) is 58.2 Å². The van der Waals surface area contributed by atoms with E-state index in [1.807, 2.05) is 0 Å². The van der Waals surface area contributed by atoms with Crippen molar-refractivity contribution < 1.29 is 4.74 Å². The highest BCUT2D eigenvalue weighted by atomic mass is 16.6. The summed E-state index contributed by atoms with van der Waals surface area (Å²) in [5, 5.41) is 0. The monoisotopic (exact) mass is 414 g/mol. The lowest BCUT2D eigenvalue weighted by Gasteiger charge is -2.61. The molecule has 1 heterocycles. The summed E-state index contributed by atoms with van der Waals surface area (Å²) in [5.74, 6) is 7.67. The first kappa shape index (κ1) is 21.8. The second-order valence-corrected chi connectivity index (χ2v) is 13.5. The lowest BCUT2D eigenvalue weighted by atomic mass is 9.44. The largest absolute Gasteiger partial charge is 0.373 e. The van der Waals surface area contributed by atoms with E-state index in [-0.39, 0.29) is 0 Å². The maximum Gasteiger partial charge on any atom is 0.0840 e. The minimum atomic E-state index is 0.589. The molecule has 30 heavy (non-hydrogen) atoms. The molecule has 10 atom stereocenters. The molecule has 0 spiro atoms. The summed E-state index contributed by atoms with van der Waals surface area (Å²) in [6.07, 6.45) is 18.8. The van der Waals surface area contributed by atoms with E-state index in [1.165, 1.54) is 38.5 Å². The van der Waals surface area contributed by atoms with Crippen molar-refractivity contribution in [3.63, 3.8) is 0 Å². The summed E-state index contributed by atoms with van der Waals surface area (Å²) in [6, 6.07) is 0. The Morgan fingerprint density at radius 3 is 2.30 bits per heavy atom. The number of rotatable bonds is 6. The summed E-state index contributed by atoms with van der Waals surface area (Å²) >= 11 is 0. The molecular formula is C29H50O. The van der Waals surface area contributed by atoms with Crippen molar-refractivity contribution in [3.05, 3.63) is 0 Å². The predicted octanol–water partition coefficient (Wildman–Crippen LogP) is 8.12. The molecule has 0 radical (unpaired) electrons. The maximum absolute atomic E-state index is 5.71. The molecular weight excluding hydrogens is 364 g/mol. The Kier molecular flexibility index (Phi) is 5.86. The van der Waals surface area contributed by atoms with Crippen LogP contribution in [0.1, 0.15) is 112 Å². The SMILES string of the molecule is CC(C)[C@@H](CC[C@@H](C)[C@H]1CC[C@H]2[C@@H]3CCC4CCCC[C@]4(C)[C@H]3CC[C@]12C)C1CO1. The van der Waals surface area contributed by atoms with Crippen LogP contribution < -0.4 is 0 Å². The van der Waals surface area contributed by atoms with Crippen LogP contribution in [-0.4, -0.2) is 12.7 Å². The van der Waals surface area contributed by atoms with Gasteiger partial charge in [-0.1, -0.05) is 53.9 Å². The van der Waals surface area contributed by atoms with E-state index in [1.54, 1.807) is 38.5 Å². The highest BCUT2D eigenvalue weighted by Gasteiger charge is 2.60. The van der Waals surface area contributed by atoms with E-state index >= 15 is 0 Å².